The highest BCUT2D eigenvalue weighted by Crippen LogP contribution is 2.17. The fourth-order valence-corrected chi connectivity index (χ4v) is 1.90. The Bertz CT molecular complexity index is 494. The minimum absolute atomic E-state index is 0.541. The van der Waals surface area contributed by atoms with E-state index in [0.29, 0.717) is 5.15 Å². The lowest BCUT2D eigenvalue weighted by molar-refractivity contribution is 0.919. The molecule has 0 aliphatic heterocycles. The predicted molar refractivity (Wildman–Crippen MR) is 72.5 cm³/mol. The molecule has 0 saturated carbocycles. The fourth-order valence-electron chi connectivity index (χ4n) is 1.71. The van der Waals surface area contributed by atoms with Gasteiger partial charge in [0.05, 0.1) is 0 Å². The number of halogens is 1. The van der Waals surface area contributed by atoms with Gasteiger partial charge in [-0.25, -0.2) is 4.98 Å². The summed E-state index contributed by atoms with van der Waals surface area (Å²) in [6.07, 6.45) is 1.74. The van der Waals surface area contributed by atoms with E-state index >= 15 is 0 Å². The van der Waals surface area contributed by atoms with Gasteiger partial charge in [0.1, 0.15) is 5.15 Å². The van der Waals surface area contributed by atoms with Crippen LogP contribution in [0.2, 0.25) is 5.15 Å². The van der Waals surface area contributed by atoms with Gasteiger partial charge >= 0.3 is 0 Å². The summed E-state index contributed by atoms with van der Waals surface area (Å²) in [6.45, 7) is 2.91. The molecule has 2 rings (SSSR count). The fraction of sp³-hybridized carbons (Fsp3) is 0.214. The average molecular weight is 247 g/mol. The van der Waals surface area contributed by atoms with Gasteiger partial charge in [0.15, 0.2) is 0 Å². The van der Waals surface area contributed by atoms with Gasteiger partial charge in [0.2, 0.25) is 0 Å². The summed E-state index contributed by atoms with van der Waals surface area (Å²) in [5.41, 5.74) is 3.63. The van der Waals surface area contributed by atoms with Crippen LogP contribution < -0.4 is 4.90 Å². The molecule has 88 valence electrons. The van der Waals surface area contributed by atoms with Gasteiger partial charge in [-0.3, -0.25) is 0 Å². The molecule has 0 aliphatic carbocycles. The number of pyridine rings is 1. The Balaban J connectivity index is 2.11. The zero-order valence-electron chi connectivity index (χ0n) is 10.0. The first-order valence-electron chi connectivity index (χ1n) is 5.53. The van der Waals surface area contributed by atoms with E-state index < -0.39 is 0 Å². The van der Waals surface area contributed by atoms with Crippen LogP contribution in [0.3, 0.4) is 0 Å². The van der Waals surface area contributed by atoms with Crippen molar-refractivity contribution in [2.45, 2.75) is 13.5 Å². The Morgan fingerprint density at radius 2 is 1.88 bits per heavy atom. The normalized spacial score (nSPS) is 10.3. The maximum absolute atomic E-state index is 5.87. The molecule has 0 unspecified atom stereocenters. The average Bonchev–Trinajstić information content (AvgIpc) is 2.29. The Hall–Kier alpha value is -1.54. The number of hydrogen-bond donors (Lipinski definition) is 0. The third-order valence-electron chi connectivity index (χ3n) is 2.69. The second-order valence-corrected chi connectivity index (χ2v) is 4.57. The maximum Gasteiger partial charge on any atom is 0.129 e. The van der Waals surface area contributed by atoms with Crippen LogP contribution in [0.25, 0.3) is 0 Å². The zero-order chi connectivity index (χ0) is 12.3. The van der Waals surface area contributed by atoms with E-state index in [0.717, 1.165) is 12.1 Å². The standard InChI is InChI=1S/C14H15ClN2/c1-11-3-5-13(6-4-11)17(2)10-12-7-8-16-14(15)9-12/h3-9H,10H2,1-2H3. The molecular weight excluding hydrogens is 232 g/mol. The number of benzene rings is 1. The van der Waals surface area contributed by atoms with Crippen LogP contribution in [-0.4, -0.2) is 12.0 Å². The highest BCUT2D eigenvalue weighted by Gasteiger charge is 2.02. The van der Waals surface area contributed by atoms with Crippen molar-refractivity contribution in [3.05, 3.63) is 58.9 Å². The number of anilines is 1. The Labute approximate surface area is 107 Å². The molecule has 0 spiro atoms. The Morgan fingerprint density at radius 3 is 2.53 bits per heavy atom. The van der Waals surface area contributed by atoms with Crippen LogP contribution in [0.1, 0.15) is 11.1 Å². The van der Waals surface area contributed by atoms with Crippen molar-refractivity contribution in [1.29, 1.82) is 0 Å². The number of hydrogen-bond acceptors (Lipinski definition) is 2. The molecule has 1 heterocycles. The number of aromatic nitrogens is 1. The van der Waals surface area contributed by atoms with E-state index in [1.54, 1.807) is 6.20 Å². The number of rotatable bonds is 3. The molecule has 0 aliphatic rings. The first kappa shape index (κ1) is 11.9. The van der Waals surface area contributed by atoms with E-state index in [2.05, 4.69) is 48.1 Å². The molecule has 0 fully saturated rings. The third kappa shape index (κ3) is 3.21. The first-order chi connectivity index (χ1) is 8.15. The largest absolute Gasteiger partial charge is 0.370 e. The summed E-state index contributed by atoms with van der Waals surface area (Å²) in [6, 6.07) is 12.4. The second kappa shape index (κ2) is 5.19. The van der Waals surface area contributed by atoms with Gasteiger partial charge in [-0.05, 0) is 36.8 Å². The molecule has 0 saturated heterocycles. The van der Waals surface area contributed by atoms with Gasteiger partial charge in [0.25, 0.3) is 0 Å². The van der Waals surface area contributed by atoms with Crippen molar-refractivity contribution >= 4 is 17.3 Å². The molecule has 0 atom stereocenters. The molecule has 0 amide bonds. The topological polar surface area (TPSA) is 16.1 Å². The molecule has 2 nitrogen and oxygen atoms in total. The van der Waals surface area contributed by atoms with Gasteiger partial charge < -0.3 is 4.90 Å². The Kier molecular flexibility index (Phi) is 3.64. The van der Waals surface area contributed by atoms with Crippen LogP contribution in [0.15, 0.2) is 42.6 Å². The quantitative estimate of drug-likeness (QED) is 0.768. The molecule has 3 heteroatoms. The van der Waals surface area contributed by atoms with Crippen LogP contribution in [-0.2, 0) is 6.54 Å². The van der Waals surface area contributed by atoms with Crippen molar-refractivity contribution < 1.29 is 0 Å². The van der Waals surface area contributed by atoms with E-state index in [9.17, 15) is 0 Å². The van der Waals surface area contributed by atoms with Crippen molar-refractivity contribution in [2.75, 3.05) is 11.9 Å². The summed E-state index contributed by atoms with van der Waals surface area (Å²) in [4.78, 5) is 6.16. The lowest BCUT2D eigenvalue weighted by Crippen LogP contribution is -2.16. The smallest absolute Gasteiger partial charge is 0.129 e. The molecule has 2 aromatic rings. The Morgan fingerprint density at radius 1 is 1.18 bits per heavy atom. The van der Waals surface area contributed by atoms with Crippen LogP contribution in [0.5, 0.6) is 0 Å². The highest BCUT2D eigenvalue weighted by atomic mass is 35.5. The molecule has 0 N–H and O–H groups in total. The van der Waals surface area contributed by atoms with Crippen molar-refractivity contribution in [3.8, 4) is 0 Å². The molecular formula is C14H15ClN2. The minimum atomic E-state index is 0.541. The lowest BCUT2D eigenvalue weighted by Gasteiger charge is -2.19. The minimum Gasteiger partial charge on any atom is -0.370 e. The van der Waals surface area contributed by atoms with Crippen LogP contribution in [0.4, 0.5) is 5.69 Å². The second-order valence-electron chi connectivity index (χ2n) is 4.18. The monoisotopic (exact) mass is 246 g/mol. The highest BCUT2D eigenvalue weighted by molar-refractivity contribution is 6.29. The SMILES string of the molecule is Cc1ccc(N(C)Cc2ccnc(Cl)c2)cc1. The predicted octanol–water partition coefficient (Wildman–Crippen LogP) is 3.68. The van der Waals surface area contributed by atoms with Crippen molar-refractivity contribution in [3.63, 3.8) is 0 Å². The summed E-state index contributed by atoms with van der Waals surface area (Å²) in [5.74, 6) is 0. The molecule has 1 aromatic carbocycles. The number of nitrogens with zero attached hydrogens (tertiary/aromatic N) is 2. The lowest BCUT2D eigenvalue weighted by atomic mass is 10.2. The molecule has 0 radical (unpaired) electrons. The van der Waals surface area contributed by atoms with Crippen LogP contribution in [0, 0.1) is 6.92 Å². The van der Waals surface area contributed by atoms with Crippen molar-refractivity contribution in [1.82, 2.24) is 4.98 Å². The summed E-state index contributed by atoms with van der Waals surface area (Å²) >= 11 is 5.87. The first-order valence-corrected chi connectivity index (χ1v) is 5.91. The zero-order valence-corrected chi connectivity index (χ0v) is 10.8. The molecule has 0 bridgehead atoms. The van der Waals surface area contributed by atoms with Gasteiger partial charge in [-0.15, -0.1) is 0 Å². The molecule has 1 aromatic heterocycles. The van der Waals surface area contributed by atoms with Gasteiger partial charge in [0, 0.05) is 25.5 Å². The van der Waals surface area contributed by atoms with E-state index in [4.69, 9.17) is 11.6 Å². The van der Waals surface area contributed by atoms with Crippen LogP contribution >= 0.6 is 11.6 Å². The van der Waals surface area contributed by atoms with Gasteiger partial charge in [-0.1, -0.05) is 29.3 Å². The van der Waals surface area contributed by atoms with E-state index in [1.807, 2.05) is 12.1 Å². The maximum atomic E-state index is 5.87. The summed E-state index contributed by atoms with van der Waals surface area (Å²) < 4.78 is 0. The van der Waals surface area contributed by atoms with Crippen molar-refractivity contribution in [2.24, 2.45) is 0 Å². The van der Waals surface area contributed by atoms with Gasteiger partial charge in [-0.2, -0.15) is 0 Å². The van der Waals surface area contributed by atoms with E-state index in [1.165, 1.54) is 11.3 Å². The molecule has 17 heavy (non-hydrogen) atoms. The van der Waals surface area contributed by atoms with E-state index in [-0.39, 0.29) is 0 Å². The summed E-state index contributed by atoms with van der Waals surface area (Å²) in [5, 5.41) is 0.541. The number of aryl methyl sites for hydroxylation is 1. The third-order valence-corrected chi connectivity index (χ3v) is 2.89. The summed E-state index contributed by atoms with van der Waals surface area (Å²) in [7, 11) is 2.07.